The molecular weight excluding hydrogens is 309 g/mol. The van der Waals surface area contributed by atoms with E-state index in [1.807, 2.05) is 0 Å². The van der Waals surface area contributed by atoms with Crippen molar-refractivity contribution in [1.82, 2.24) is 0 Å². The molecule has 0 fully saturated rings. The summed E-state index contributed by atoms with van der Waals surface area (Å²) in [5, 5.41) is 2.61. The minimum Gasteiger partial charge on any atom is -0.385 e. The van der Waals surface area contributed by atoms with Crippen molar-refractivity contribution in [2.45, 2.75) is 12.6 Å². The van der Waals surface area contributed by atoms with Gasteiger partial charge in [-0.15, -0.1) is 0 Å². The molecule has 1 rings (SSSR count). The summed E-state index contributed by atoms with van der Waals surface area (Å²) in [4.78, 5) is 0. The fourth-order valence-electron chi connectivity index (χ4n) is 1.25. The van der Waals surface area contributed by atoms with Gasteiger partial charge < -0.3 is 10.1 Å². The van der Waals surface area contributed by atoms with E-state index in [9.17, 15) is 17.6 Å². The molecule has 108 valence electrons. The molecule has 0 amide bonds. The normalized spacial score (nSPS) is 11.7. The maximum absolute atomic E-state index is 13.1. The van der Waals surface area contributed by atoms with Gasteiger partial charge in [-0.2, -0.15) is 13.2 Å². The van der Waals surface area contributed by atoms with E-state index in [2.05, 4.69) is 10.1 Å². The van der Waals surface area contributed by atoms with Crippen LogP contribution in [-0.4, -0.2) is 25.9 Å². The smallest absolute Gasteiger partial charge is 0.385 e. The molecular formula is C11H11Cl2F4NO. The van der Waals surface area contributed by atoms with Crippen LogP contribution in [0.4, 0.5) is 23.2 Å². The Bertz CT molecular complexity index is 403. The van der Waals surface area contributed by atoms with E-state index in [1.54, 1.807) is 0 Å². The lowest BCUT2D eigenvalue weighted by Crippen LogP contribution is -2.18. The Labute approximate surface area is 117 Å². The number of ether oxygens (including phenoxy) is 1. The maximum Gasteiger partial charge on any atom is 0.411 e. The predicted molar refractivity (Wildman–Crippen MR) is 66.4 cm³/mol. The first-order chi connectivity index (χ1) is 8.79. The number of halogens is 6. The Morgan fingerprint density at radius 3 is 2.26 bits per heavy atom. The lowest BCUT2D eigenvalue weighted by molar-refractivity contribution is -0.173. The number of benzene rings is 1. The molecule has 19 heavy (non-hydrogen) atoms. The van der Waals surface area contributed by atoms with Gasteiger partial charge in [0, 0.05) is 18.8 Å². The summed E-state index contributed by atoms with van der Waals surface area (Å²) >= 11 is 11.2. The van der Waals surface area contributed by atoms with Crippen molar-refractivity contribution in [1.29, 1.82) is 0 Å². The molecule has 0 unspecified atom stereocenters. The fourth-order valence-corrected chi connectivity index (χ4v) is 1.74. The highest BCUT2D eigenvalue weighted by Gasteiger charge is 2.27. The van der Waals surface area contributed by atoms with E-state index in [0.717, 1.165) is 0 Å². The summed E-state index contributed by atoms with van der Waals surface area (Å²) in [5.74, 6) is -0.706. The second-order valence-electron chi connectivity index (χ2n) is 3.70. The van der Waals surface area contributed by atoms with Gasteiger partial charge in [0.15, 0.2) is 5.82 Å². The van der Waals surface area contributed by atoms with Gasteiger partial charge >= 0.3 is 6.18 Å². The number of alkyl halides is 3. The monoisotopic (exact) mass is 319 g/mol. The van der Waals surface area contributed by atoms with Gasteiger partial charge in [0.05, 0.1) is 10.0 Å². The second kappa shape index (κ2) is 7.17. The van der Waals surface area contributed by atoms with Crippen LogP contribution in [0, 0.1) is 5.82 Å². The third-order valence-corrected chi connectivity index (χ3v) is 2.59. The SMILES string of the molecule is Fc1c(Cl)cc(NCCCOCC(F)(F)F)cc1Cl. The van der Waals surface area contributed by atoms with E-state index < -0.39 is 18.6 Å². The Hall–Kier alpha value is -0.720. The summed E-state index contributed by atoms with van der Waals surface area (Å²) in [7, 11) is 0. The van der Waals surface area contributed by atoms with Crippen molar-refractivity contribution in [3.8, 4) is 0 Å². The molecule has 0 heterocycles. The molecule has 0 atom stereocenters. The lowest BCUT2D eigenvalue weighted by atomic mass is 10.3. The summed E-state index contributed by atoms with van der Waals surface area (Å²) < 4.78 is 52.8. The van der Waals surface area contributed by atoms with Crippen molar-refractivity contribution in [2.24, 2.45) is 0 Å². The maximum atomic E-state index is 13.1. The molecule has 0 spiro atoms. The molecule has 1 N–H and O–H groups in total. The van der Waals surface area contributed by atoms with Gasteiger partial charge in [0.2, 0.25) is 0 Å². The average molecular weight is 320 g/mol. The molecule has 0 aromatic heterocycles. The first kappa shape index (κ1) is 16.3. The molecule has 8 heteroatoms. The van der Waals surface area contributed by atoms with E-state index in [0.29, 0.717) is 18.7 Å². The van der Waals surface area contributed by atoms with Crippen LogP contribution < -0.4 is 5.32 Å². The van der Waals surface area contributed by atoms with Crippen LogP contribution in [-0.2, 0) is 4.74 Å². The van der Waals surface area contributed by atoms with Crippen LogP contribution in [0.1, 0.15) is 6.42 Å². The minimum absolute atomic E-state index is 0.0326. The molecule has 0 bridgehead atoms. The highest BCUT2D eigenvalue weighted by Crippen LogP contribution is 2.27. The number of anilines is 1. The van der Waals surface area contributed by atoms with Crippen LogP contribution in [0.25, 0.3) is 0 Å². The number of rotatable bonds is 6. The molecule has 0 radical (unpaired) electrons. The second-order valence-corrected chi connectivity index (χ2v) is 4.52. The molecule has 0 aliphatic heterocycles. The molecule has 1 aromatic rings. The Morgan fingerprint density at radius 2 is 1.74 bits per heavy atom. The molecule has 0 aliphatic rings. The zero-order valence-corrected chi connectivity index (χ0v) is 11.2. The highest BCUT2D eigenvalue weighted by atomic mass is 35.5. The Balaban J connectivity index is 2.27. The standard InChI is InChI=1S/C11H11Cl2F4NO/c12-8-4-7(5-9(13)10(8)14)18-2-1-3-19-6-11(15,16)17/h4-5,18H,1-3,6H2. The van der Waals surface area contributed by atoms with Gasteiger partial charge in [-0.1, -0.05) is 23.2 Å². The number of hydrogen-bond acceptors (Lipinski definition) is 2. The summed E-state index contributed by atoms with van der Waals surface area (Å²) in [6.45, 7) is -0.938. The van der Waals surface area contributed by atoms with Gasteiger partial charge in [-0.3, -0.25) is 0 Å². The zero-order chi connectivity index (χ0) is 14.5. The first-order valence-corrected chi connectivity index (χ1v) is 6.08. The quantitative estimate of drug-likeness (QED) is 0.473. The molecule has 1 aromatic carbocycles. The third-order valence-electron chi connectivity index (χ3n) is 2.04. The average Bonchev–Trinajstić information content (AvgIpc) is 2.29. The van der Waals surface area contributed by atoms with Crippen molar-refractivity contribution >= 4 is 28.9 Å². The predicted octanol–water partition coefficient (Wildman–Crippen LogP) is 4.51. The van der Waals surface area contributed by atoms with E-state index >= 15 is 0 Å². The highest BCUT2D eigenvalue weighted by molar-refractivity contribution is 6.35. The van der Waals surface area contributed by atoms with Gasteiger partial charge in [0.25, 0.3) is 0 Å². The van der Waals surface area contributed by atoms with Gasteiger partial charge in [-0.25, -0.2) is 4.39 Å². The largest absolute Gasteiger partial charge is 0.411 e. The lowest BCUT2D eigenvalue weighted by Gasteiger charge is -2.09. The van der Waals surface area contributed by atoms with Crippen LogP contribution in [0.2, 0.25) is 10.0 Å². The number of hydrogen-bond donors (Lipinski definition) is 1. The van der Waals surface area contributed by atoms with E-state index in [-0.39, 0.29) is 16.7 Å². The van der Waals surface area contributed by atoms with Crippen molar-refractivity contribution in [2.75, 3.05) is 25.1 Å². The summed E-state index contributed by atoms with van der Waals surface area (Å²) in [6, 6.07) is 2.69. The van der Waals surface area contributed by atoms with Gasteiger partial charge in [-0.05, 0) is 18.6 Å². The third kappa shape index (κ3) is 6.31. The zero-order valence-electron chi connectivity index (χ0n) is 9.66. The van der Waals surface area contributed by atoms with E-state index in [4.69, 9.17) is 23.2 Å². The van der Waals surface area contributed by atoms with Crippen molar-refractivity contribution in [3.05, 3.63) is 28.0 Å². The van der Waals surface area contributed by atoms with Crippen LogP contribution in [0.5, 0.6) is 0 Å². The first-order valence-electron chi connectivity index (χ1n) is 5.32. The summed E-state index contributed by atoms with van der Waals surface area (Å²) in [6.07, 6.45) is -3.95. The molecule has 0 saturated heterocycles. The van der Waals surface area contributed by atoms with Crippen molar-refractivity contribution in [3.63, 3.8) is 0 Å². The Morgan fingerprint density at radius 1 is 1.16 bits per heavy atom. The Kier molecular flexibility index (Phi) is 6.16. The van der Waals surface area contributed by atoms with E-state index in [1.165, 1.54) is 12.1 Å². The molecule has 0 saturated carbocycles. The topological polar surface area (TPSA) is 21.3 Å². The van der Waals surface area contributed by atoms with Gasteiger partial charge in [0.1, 0.15) is 6.61 Å². The van der Waals surface area contributed by atoms with Crippen LogP contribution >= 0.6 is 23.2 Å². The van der Waals surface area contributed by atoms with Crippen LogP contribution in [0.3, 0.4) is 0 Å². The molecule has 0 aliphatic carbocycles. The minimum atomic E-state index is -4.31. The fraction of sp³-hybridized carbons (Fsp3) is 0.455. The molecule has 2 nitrogen and oxygen atoms in total. The summed E-state index contributed by atoms with van der Waals surface area (Å²) in [5.41, 5.74) is 0.493. The number of nitrogens with one attached hydrogen (secondary N) is 1. The van der Waals surface area contributed by atoms with Crippen LogP contribution in [0.15, 0.2) is 12.1 Å². The van der Waals surface area contributed by atoms with Crippen molar-refractivity contribution < 1.29 is 22.3 Å².